The van der Waals surface area contributed by atoms with Crippen LogP contribution in [0.3, 0.4) is 0 Å². The molecule has 0 bridgehead atoms. The summed E-state index contributed by atoms with van der Waals surface area (Å²) in [6.45, 7) is 5.17. The fourth-order valence-electron chi connectivity index (χ4n) is 4.18. The lowest BCUT2D eigenvalue weighted by molar-refractivity contribution is 0.105. The average Bonchev–Trinajstić information content (AvgIpc) is 3.04. The van der Waals surface area contributed by atoms with E-state index in [-0.39, 0.29) is 28.8 Å². The quantitative estimate of drug-likeness (QED) is 0.800. The standard InChI is InChI=1S/C23H24O3.2H2O/c1-23(2)19-14-16(26-12-6-5-11-24)9-10-18(19)22(25)21-17-8-4-3-7-15(17)13-20(21)23;;/h3-4,7-10,14,24H,5-6,11-13H2,1-2H3;2*1H2. The fraction of sp³-hybridized carbons (Fsp3) is 0.348. The molecule has 28 heavy (non-hydrogen) atoms. The normalized spacial score (nSPS) is 15.8. The van der Waals surface area contributed by atoms with Crippen molar-refractivity contribution in [3.8, 4) is 5.75 Å². The summed E-state index contributed by atoms with van der Waals surface area (Å²) in [5.74, 6) is 0.924. The molecule has 2 aliphatic carbocycles. The van der Waals surface area contributed by atoms with Crippen molar-refractivity contribution < 1.29 is 25.6 Å². The summed E-state index contributed by atoms with van der Waals surface area (Å²) in [6.07, 6.45) is 2.40. The Kier molecular flexibility index (Phi) is 6.44. The third-order valence-corrected chi connectivity index (χ3v) is 5.67. The van der Waals surface area contributed by atoms with Gasteiger partial charge in [-0.05, 0) is 59.7 Å². The lowest BCUT2D eigenvalue weighted by Gasteiger charge is -2.34. The SMILES string of the molecule is CC1(C)C2=C(C(=O)c3ccc(OCCCCO)cc31)c1ccccc1C2.O.O. The van der Waals surface area contributed by atoms with E-state index in [2.05, 4.69) is 26.0 Å². The van der Waals surface area contributed by atoms with Crippen LogP contribution in [0, 0.1) is 0 Å². The van der Waals surface area contributed by atoms with Crippen molar-refractivity contribution in [1.29, 1.82) is 0 Å². The number of hydrogen-bond donors (Lipinski definition) is 1. The van der Waals surface area contributed by atoms with Crippen LogP contribution in [0.1, 0.15) is 53.7 Å². The molecule has 150 valence electrons. The van der Waals surface area contributed by atoms with Gasteiger partial charge in [0.2, 0.25) is 0 Å². The maximum Gasteiger partial charge on any atom is 0.193 e. The number of benzene rings is 2. The van der Waals surface area contributed by atoms with E-state index in [4.69, 9.17) is 9.84 Å². The molecule has 2 aliphatic rings. The first-order valence-corrected chi connectivity index (χ1v) is 9.29. The summed E-state index contributed by atoms with van der Waals surface area (Å²) in [6, 6.07) is 14.1. The maximum atomic E-state index is 13.2. The van der Waals surface area contributed by atoms with E-state index >= 15 is 0 Å². The monoisotopic (exact) mass is 384 g/mol. The van der Waals surface area contributed by atoms with Crippen LogP contribution in [0.25, 0.3) is 5.57 Å². The van der Waals surface area contributed by atoms with Crippen molar-refractivity contribution in [1.82, 2.24) is 0 Å². The molecule has 5 heteroatoms. The van der Waals surface area contributed by atoms with E-state index in [0.717, 1.165) is 47.3 Å². The Morgan fingerprint density at radius 2 is 1.79 bits per heavy atom. The molecule has 5 N–H and O–H groups in total. The minimum absolute atomic E-state index is 0. The highest BCUT2D eigenvalue weighted by Crippen LogP contribution is 2.50. The van der Waals surface area contributed by atoms with Gasteiger partial charge in [-0.25, -0.2) is 0 Å². The number of fused-ring (bicyclic) bond motifs is 3. The second kappa shape index (κ2) is 8.27. The lowest BCUT2D eigenvalue weighted by Crippen LogP contribution is -2.29. The van der Waals surface area contributed by atoms with Crippen LogP contribution in [0.15, 0.2) is 48.0 Å². The van der Waals surface area contributed by atoms with Crippen LogP contribution in [-0.4, -0.2) is 35.1 Å². The van der Waals surface area contributed by atoms with Gasteiger partial charge in [0.05, 0.1) is 6.61 Å². The van der Waals surface area contributed by atoms with Crippen molar-refractivity contribution in [2.45, 2.75) is 38.5 Å². The number of carbonyl (C=O) groups excluding carboxylic acids is 1. The van der Waals surface area contributed by atoms with Gasteiger partial charge in [-0.1, -0.05) is 38.1 Å². The summed E-state index contributed by atoms with van der Waals surface area (Å²) < 4.78 is 5.84. The molecule has 5 nitrogen and oxygen atoms in total. The van der Waals surface area contributed by atoms with E-state index in [1.165, 1.54) is 11.1 Å². The fourth-order valence-corrected chi connectivity index (χ4v) is 4.18. The number of unbranched alkanes of at least 4 members (excludes halogenated alkanes) is 1. The lowest BCUT2D eigenvalue weighted by atomic mass is 9.68. The second-order valence-electron chi connectivity index (χ2n) is 7.63. The van der Waals surface area contributed by atoms with Gasteiger partial charge in [-0.2, -0.15) is 0 Å². The van der Waals surface area contributed by atoms with Gasteiger partial charge >= 0.3 is 0 Å². The topological polar surface area (TPSA) is 110 Å². The van der Waals surface area contributed by atoms with Crippen LogP contribution in [0.2, 0.25) is 0 Å². The third-order valence-electron chi connectivity index (χ3n) is 5.67. The Morgan fingerprint density at radius 3 is 2.54 bits per heavy atom. The molecule has 0 saturated heterocycles. The van der Waals surface area contributed by atoms with Crippen molar-refractivity contribution >= 4 is 11.4 Å². The number of hydrogen-bond acceptors (Lipinski definition) is 3. The molecule has 4 rings (SSSR count). The number of allylic oxidation sites excluding steroid dienone is 2. The largest absolute Gasteiger partial charge is 0.494 e. The first-order valence-electron chi connectivity index (χ1n) is 9.29. The number of ketones is 1. The van der Waals surface area contributed by atoms with Crippen LogP contribution < -0.4 is 4.74 Å². The zero-order valence-electron chi connectivity index (χ0n) is 16.3. The van der Waals surface area contributed by atoms with E-state index in [0.29, 0.717) is 6.61 Å². The van der Waals surface area contributed by atoms with Gasteiger partial charge in [0, 0.05) is 23.2 Å². The predicted molar refractivity (Wildman–Crippen MR) is 110 cm³/mol. The molecule has 0 radical (unpaired) electrons. The van der Waals surface area contributed by atoms with E-state index < -0.39 is 0 Å². The van der Waals surface area contributed by atoms with Gasteiger partial charge < -0.3 is 20.8 Å². The molecular weight excluding hydrogens is 356 g/mol. The Balaban J connectivity index is 0.00000140. The van der Waals surface area contributed by atoms with Gasteiger partial charge in [0.1, 0.15) is 5.75 Å². The molecule has 0 saturated carbocycles. The molecule has 0 aromatic heterocycles. The summed E-state index contributed by atoms with van der Waals surface area (Å²) in [5.41, 5.74) is 6.08. The van der Waals surface area contributed by atoms with Crippen LogP contribution in [0.5, 0.6) is 5.75 Å². The molecule has 0 unspecified atom stereocenters. The van der Waals surface area contributed by atoms with Gasteiger partial charge in [0.25, 0.3) is 0 Å². The summed E-state index contributed by atoms with van der Waals surface area (Å²) in [5, 5.41) is 8.88. The number of carbonyl (C=O) groups is 1. The number of Topliss-reactive ketones (excluding diaryl/α,β-unsaturated/α-hetero) is 1. The zero-order valence-corrected chi connectivity index (χ0v) is 16.3. The molecule has 0 heterocycles. The van der Waals surface area contributed by atoms with Crippen molar-refractivity contribution in [2.75, 3.05) is 13.2 Å². The van der Waals surface area contributed by atoms with Crippen LogP contribution in [-0.2, 0) is 11.8 Å². The first-order chi connectivity index (χ1) is 12.5. The highest BCUT2D eigenvalue weighted by atomic mass is 16.5. The van der Waals surface area contributed by atoms with Crippen molar-refractivity contribution in [3.05, 3.63) is 70.3 Å². The number of ether oxygens (including phenoxy) is 1. The smallest absolute Gasteiger partial charge is 0.193 e. The van der Waals surface area contributed by atoms with Crippen LogP contribution >= 0.6 is 0 Å². The Labute approximate surface area is 165 Å². The van der Waals surface area contributed by atoms with Gasteiger partial charge in [-0.15, -0.1) is 0 Å². The molecular formula is C23H28O5. The number of rotatable bonds is 5. The summed E-state index contributed by atoms with van der Waals surface area (Å²) >= 11 is 0. The third kappa shape index (κ3) is 3.37. The predicted octanol–water partition coefficient (Wildman–Crippen LogP) is 2.67. The van der Waals surface area contributed by atoms with Gasteiger partial charge in [-0.3, -0.25) is 4.79 Å². The maximum absolute atomic E-state index is 13.2. The molecule has 0 spiro atoms. The molecule has 2 aromatic carbocycles. The van der Waals surface area contributed by atoms with E-state index in [9.17, 15) is 4.79 Å². The molecule has 0 fully saturated rings. The highest BCUT2D eigenvalue weighted by molar-refractivity contribution is 6.32. The van der Waals surface area contributed by atoms with Gasteiger partial charge in [0.15, 0.2) is 5.78 Å². The second-order valence-corrected chi connectivity index (χ2v) is 7.63. The molecule has 2 aromatic rings. The summed E-state index contributed by atoms with van der Waals surface area (Å²) in [4.78, 5) is 13.2. The average molecular weight is 384 g/mol. The molecule has 0 atom stereocenters. The molecule has 0 aliphatic heterocycles. The van der Waals surface area contributed by atoms with Crippen LogP contribution in [0.4, 0.5) is 0 Å². The minimum atomic E-state index is -0.206. The Bertz CT molecular complexity index is 911. The first kappa shape index (κ1) is 21.8. The van der Waals surface area contributed by atoms with Crippen molar-refractivity contribution in [3.63, 3.8) is 0 Å². The minimum Gasteiger partial charge on any atom is -0.494 e. The Hall–Kier alpha value is -2.47. The number of aliphatic hydroxyl groups is 1. The number of aliphatic hydroxyl groups excluding tert-OH is 1. The van der Waals surface area contributed by atoms with Crippen molar-refractivity contribution in [2.24, 2.45) is 0 Å². The highest BCUT2D eigenvalue weighted by Gasteiger charge is 2.42. The molecule has 0 amide bonds. The van der Waals surface area contributed by atoms with E-state index in [1.54, 1.807) is 0 Å². The zero-order chi connectivity index (χ0) is 18.3. The summed E-state index contributed by atoms with van der Waals surface area (Å²) in [7, 11) is 0. The van der Waals surface area contributed by atoms with E-state index in [1.807, 2.05) is 30.3 Å². The Morgan fingerprint density at radius 1 is 1.04 bits per heavy atom.